The molecule has 0 amide bonds. The minimum absolute atomic E-state index is 0.320. The molecule has 0 bridgehead atoms. The first kappa shape index (κ1) is 14.6. The van der Waals surface area contributed by atoms with Gasteiger partial charge in [-0.05, 0) is 43.0 Å². The van der Waals surface area contributed by atoms with Crippen LogP contribution in [-0.2, 0) is 6.42 Å². The van der Waals surface area contributed by atoms with Gasteiger partial charge in [0.05, 0.1) is 0 Å². The van der Waals surface area contributed by atoms with Gasteiger partial charge >= 0.3 is 0 Å². The second-order valence-electron chi connectivity index (χ2n) is 5.31. The Hall–Kier alpha value is -1.80. The largest absolute Gasteiger partial charge is 0.508 e. The maximum Gasteiger partial charge on any atom is 0.115 e. The van der Waals surface area contributed by atoms with E-state index in [-0.39, 0.29) is 0 Å². The average Bonchev–Trinajstić information content (AvgIpc) is 2.47. The van der Waals surface area contributed by atoms with E-state index in [4.69, 9.17) is 0 Å². The summed E-state index contributed by atoms with van der Waals surface area (Å²) in [5, 5.41) is 13.0. The summed E-state index contributed by atoms with van der Waals surface area (Å²) in [6.07, 6.45) is 2.05. The van der Waals surface area contributed by atoms with Gasteiger partial charge in [-0.25, -0.2) is 0 Å². The lowest BCUT2D eigenvalue weighted by atomic mass is 10.0. The Morgan fingerprint density at radius 1 is 1.00 bits per heavy atom. The molecular formula is C18H23NO. The third-order valence-electron chi connectivity index (χ3n) is 3.57. The Morgan fingerprint density at radius 3 is 2.25 bits per heavy atom. The lowest BCUT2D eigenvalue weighted by Gasteiger charge is -2.23. The van der Waals surface area contributed by atoms with Gasteiger partial charge in [-0.15, -0.1) is 0 Å². The lowest BCUT2D eigenvalue weighted by molar-refractivity contribution is 0.441. The summed E-state index contributed by atoms with van der Waals surface area (Å²) in [4.78, 5) is 0. The number of hydrogen-bond acceptors (Lipinski definition) is 2. The molecule has 2 atom stereocenters. The van der Waals surface area contributed by atoms with Crippen molar-refractivity contribution < 1.29 is 5.11 Å². The molecule has 0 heterocycles. The van der Waals surface area contributed by atoms with Gasteiger partial charge in [0.2, 0.25) is 0 Å². The fourth-order valence-electron chi connectivity index (χ4n) is 2.53. The van der Waals surface area contributed by atoms with E-state index in [2.05, 4.69) is 43.4 Å². The third-order valence-corrected chi connectivity index (χ3v) is 3.57. The van der Waals surface area contributed by atoms with Crippen LogP contribution in [0.5, 0.6) is 5.75 Å². The first-order valence-corrected chi connectivity index (χ1v) is 7.28. The number of phenols is 1. The van der Waals surface area contributed by atoms with E-state index >= 15 is 0 Å². The molecule has 0 aliphatic rings. The summed E-state index contributed by atoms with van der Waals surface area (Å²) in [6.45, 7) is 4.40. The zero-order valence-electron chi connectivity index (χ0n) is 12.2. The highest BCUT2D eigenvalue weighted by molar-refractivity contribution is 5.28. The molecule has 2 N–H and O–H groups in total. The number of aromatic hydroxyl groups is 1. The predicted octanol–water partition coefficient (Wildman–Crippen LogP) is 4.06. The van der Waals surface area contributed by atoms with Crippen molar-refractivity contribution in [3.05, 3.63) is 65.7 Å². The zero-order chi connectivity index (χ0) is 14.4. The number of benzene rings is 2. The fourth-order valence-corrected chi connectivity index (χ4v) is 2.53. The van der Waals surface area contributed by atoms with Crippen molar-refractivity contribution in [3.63, 3.8) is 0 Å². The molecule has 2 unspecified atom stereocenters. The van der Waals surface area contributed by atoms with Crippen LogP contribution in [0.2, 0.25) is 0 Å². The Balaban J connectivity index is 1.97. The van der Waals surface area contributed by atoms with Crippen LogP contribution in [0.1, 0.15) is 37.4 Å². The topological polar surface area (TPSA) is 32.3 Å². The van der Waals surface area contributed by atoms with Gasteiger partial charge in [-0.2, -0.15) is 0 Å². The van der Waals surface area contributed by atoms with Crippen LogP contribution in [0, 0.1) is 0 Å². The molecule has 2 aromatic carbocycles. The van der Waals surface area contributed by atoms with Crippen molar-refractivity contribution in [2.75, 3.05) is 0 Å². The lowest BCUT2D eigenvalue weighted by Crippen LogP contribution is -2.31. The van der Waals surface area contributed by atoms with Crippen molar-refractivity contribution >= 4 is 0 Å². The monoisotopic (exact) mass is 269 g/mol. The molecule has 2 aromatic rings. The zero-order valence-corrected chi connectivity index (χ0v) is 12.2. The molecule has 0 fully saturated rings. The summed E-state index contributed by atoms with van der Waals surface area (Å²) in [7, 11) is 0. The van der Waals surface area contributed by atoms with Gasteiger partial charge in [-0.1, -0.05) is 49.4 Å². The molecule has 0 aromatic heterocycles. The van der Waals surface area contributed by atoms with Crippen LogP contribution in [0.25, 0.3) is 0 Å². The first-order valence-electron chi connectivity index (χ1n) is 7.28. The van der Waals surface area contributed by atoms with Gasteiger partial charge in [0.1, 0.15) is 5.75 Å². The van der Waals surface area contributed by atoms with Gasteiger partial charge in [0.25, 0.3) is 0 Å². The SMILES string of the molecule is CCC(NC(C)Cc1ccccc1)c1ccc(O)cc1. The van der Waals surface area contributed by atoms with Crippen molar-refractivity contribution in [2.24, 2.45) is 0 Å². The van der Waals surface area contributed by atoms with E-state index in [9.17, 15) is 5.11 Å². The van der Waals surface area contributed by atoms with Gasteiger partial charge < -0.3 is 10.4 Å². The normalized spacial score (nSPS) is 13.9. The first-order chi connectivity index (χ1) is 9.69. The summed E-state index contributed by atoms with van der Waals surface area (Å²) in [6, 6.07) is 18.8. The minimum atomic E-state index is 0.320. The van der Waals surface area contributed by atoms with Crippen molar-refractivity contribution in [2.45, 2.75) is 38.8 Å². The highest BCUT2D eigenvalue weighted by Gasteiger charge is 2.12. The average molecular weight is 269 g/mol. The Bertz CT molecular complexity index is 507. The molecule has 106 valence electrons. The van der Waals surface area contributed by atoms with Gasteiger partial charge in [-0.3, -0.25) is 0 Å². The highest BCUT2D eigenvalue weighted by Crippen LogP contribution is 2.20. The van der Waals surface area contributed by atoms with Gasteiger partial charge in [0, 0.05) is 12.1 Å². The second kappa shape index (κ2) is 7.11. The van der Waals surface area contributed by atoms with E-state index in [1.807, 2.05) is 18.2 Å². The van der Waals surface area contributed by atoms with Gasteiger partial charge in [0.15, 0.2) is 0 Å². The van der Waals surface area contributed by atoms with E-state index < -0.39 is 0 Å². The maximum absolute atomic E-state index is 9.37. The van der Waals surface area contributed by atoms with E-state index in [1.54, 1.807) is 12.1 Å². The Kier molecular flexibility index (Phi) is 5.19. The summed E-state index contributed by atoms with van der Waals surface area (Å²) in [5.41, 5.74) is 2.58. The molecule has 2 heteroatoms. The highest BCUT2D eigenvalue weighted by atomic mass is 16.3. The standard InChI is InChI=1S/C18H23NO/c1-3-18(16-9-11-17(20)12-10-16)19-14(2)13-15-7-5-4-6-8-15/h4-12,14,18-20H,3,13H2,1-2H3. The molecule has 2 rings (SSSR count). The molecule has 0 saturated carbocycles. The van der Waals surface area contributed by atoms with Crippen LogP contribution in [0.4, 0.5) is 0 Å². The number of phenolic OH excluding ortho intramolecular Hbond substituents is 1. The molecule has 0 saturated heterocycles. The van der Waals surface area contributed by atoms with Crippen molar-refractivity contribution in [1.29, 1.82) is 0 Å². The minimum Gasteiger partial charge on any atom is -0.508 e. The maximum atomic E-state index is 9.37. The summed E-state index contributed by atoms with van der Waals surface area (Å²) >= 11 is 0. The van der Waals surface area contributed by atoms with E-state index in [0.29, 0.717) is 17.8 Å². The van der Waals surface area contributed by atoms with Crippen molar-refractivity contribution in [3.8, 4) is 5.75 Å². The number of nitrogens with one attached hydrogen (secondary N) is 1. The smallest absolute Gasteiger partial charge is 0.115 e. The Labute approximate surface area is 121 Å². The quantitative estimate of drug-likeness (QED) is 0.828. The molecule has 2 nitrogen and oxygen atoms in total. The van der Waals surface area contributed by atoms with E-state index in [0.717, 1.165) is 12.8 Å². The van der Waals surface area contributed by atoms with Crippen molar-refractivity contribution in [1.82, 2.24) is 5.32 Å². The van der Waals surface area contributed by atoms with Crippen LogP contribution >= 0.6 is 0 Å². The molecule has 0 radical (unpaired) electrons. The van der Waals surface area contributed by atoms with E-state index in [1.165, 1.54) is 11.1 Å². The molecule has 20 heavy (non-hydrogen) atoms. The fraction of sp³-hybridized carbons (Fsp3) is 0.333. The summed E-state index contributed by atoms with van der Waals surface area (Å²) < 4.78 is 0. The van der Waals surface area contributed by atoms with Crippen LogP contribution in [0.15, 0.2) is 54.6 Å². The van der Waals surface area contributed by atoms with Crippen LogP contribution in [-0.4, -0.2) is 11.1 Å². The Morgan fingerprint density at radius 2 is 1.65 bits per heavy atom. The number of hydrogen-bond donors (Lipinski definition) is 2. The second-order valence-corrected chi connectivity index (χ2v) is 5.31. The van der Waals surface area contributed by atoms with Crippen LogP contribution in [0.3, 0.4) is 0 Å². The molecule has 0 aliphatic heterocycles. The third kappa shape index (κ3) is 4.10. The molecule has 0 aliphatic carbocycles. The predicted molar refractivity (Wildman–Crippen MR) is 83.9 cm³/mol. The number of rotatable bonds is 6. The van der Waals surface area contributed by atoms with Crippen LogP contribution < -0.4 is 5.32 Å². The molecule has 0 spiro atoms. The molecular weight excluding hydrogens is 246 g/mol. The summed E-state index contributed by atoms with van der Waals surface area (Å²) in [5.74, 6) is 0.320.